The molecule has 0 aromatic rings. The summed E-state index contributed by atoms with van der Waals surface area (Å²) in [5, 5.41) is 7.88. The van der Waals surface area contributed by atoms with Gasteiger partial charge in [0.2, 0.25) is 23.6 Å². The lowest BCUT2D eigenvalue weighted by atomic mass is 10.0. The molecule has 0 bridgehead atoms. The number of rotatable bonds is 16. The number of imide groups is 1. The molecule has 0 saturated carbocycles. The van der Waals surface area contributed by atoms with Crippen molar-refractivity contribution in [3.63, 3.8) is 0 Å². The molecule has 0 radical (unpaired) electrons. The number of carbonyl (C=O) groups is 6. The SMILES string of the molecule is CCC1CC(=O)N(CCCCCC(=O)N[C@H](C(=O)N[C@@H](CCCNC(N)=O)C(C)=O)C(C)C)C1=O. The van der Waals surface area contributed by atoms with E-state index in [2.05, 4.69) is 16.0 Å². The Morgan fingerprint density at radius 1 is 1.06 bits per heavy atom. The molecule has 3 atom stereocenters. The summed E-state index contributed by atoms with van der Waals surface area (Å²) in [7, 11) is 0. The maximum Gasteiger partial charge on any atom is 0.312 e. The Bertz CT molecular complexity index is 784. The Hall–Kier alpha value is -2.98. The lowest BCUT2D eigenvalue weighted by molar-refractivity contribution is -0.139. The van der Waals surface area contributed by atoms with Crippen molar-refractivity contribution in [1.29, 1.82) is 0 Å². The number of primary amides is 1. The molecular formula is C24H41N5O6. The summed E-state index contributed by atoms with van der Waals surface area (Å²) >= 11 is 0. The molecule has 1 aliphatic rings. The monoisotopic (exact) mass is 495 g/mol. The molecule has 198 valence electrons. The molecule has 1 rings (SSSR count). The fourth-order valence-corrected chi connectivity index (χ4v) is 3.97. The number of unbranched alkanes of at least 4 members (excludes halogenated alkanes) is 2. The van der Waals surface area contributed by atoms with Crippen LogP contribution in [0.15, 0.2) is 0 Å². The van der Waals surface area contributed by atoms with E-state index >= 15 is 0 Å². The summed E-state index contributed by atoms with van der Waals surface area (Å²) in [6.07, 6.45) is 3.81. The number of hydrogen-bond acceptors (Lipinski definition) is 6. The van der Waals surface area contributed by atoms with Gasteiger partial charge < -0.3 is 21.7 Å². The molecule has 35 heavy (non-hydrogen) atoms. The van der Waals surface area contributed by atoms with E-state index in [1.807, 2.05) is 6.92 Å². The molecular weight excluding hydrogens is 454 g/mol. The van der Waals surface area contributed by atoms with E-state index in [4.69, 9.17) is 5.73 Å². The third-order valence-corrected chi connectivity index (χ3v) is 6.16. The van der Waals surface area contributed by atoms with E-state index in [9.17, 15) is 28.8 Å². The first kappa shape index (κ1) is 30.1. The Kier molecular flexibility index (Phi) is 13.0. The van der Waals surface area contributed by atoms with Gasteiger partial charge in [0.25, 0.3) is 0 Å². The number of likely N-dealkylation sites (tertiary alicyclic amines) is 1. The van der Waals surface area contributed by atoms with E-state index in [1.54, 1.807) is 13.8 Å². The van der Waals surface area contributed by atoms with Crippen LogP contribution < -0.4 is 21.7 Å². The number of amides is 6. The van der Waals surface area contributed by atoms with Crippen LogP contribution in [0.3, 0.4) is 0 Å². The van der Waals surface area contributed by atoms with Gasteiger partial charge >= 0.3 is 6.03 Å². The summed E-state index contributed by atoms with van der Waals surface area (Å²) in [6, 6.07) is -2.17. The van der Waals surface area contributed by atoms with Crippen molar-refractivity contribution in [2.75, 3.05) is 13.1 Å². The van der Waals surface area contributed by atoms with Crippen LogP contribution in [0.4, 0.5) is 4.79 Å². The van der Waals surface area contributed by atoms with Gasteiger partial charge in [-0.25, -0.2) is 4.79 Å². The first-order chi connectivity index (χ1) is 16.5. The zero-order chi connectivity index (χ0) is 26.5. The minimum absolute atomic E-state index is 0.103. The van der Waals surface area contributed by atoms with Crippen molar-refractivity contribution in [2.24, 2.45) is 17.6 Å². The second-order valence-corrected chi connectivity index (χ2v) is 9.40. The smallest absolute Gasteiger partial charge is 0.312 e. The second kappa shape index (κ2) is 15.1. The van der Waals surface area contributed by atoms with E-state index in [-0.39, 0.29) is 48.2 Å². The Labute approximate surface area is 207 Å². The van der Waals surface area contributed by atoms with Crippen molar-refractivity contribution < 1.29 is 28.8 Å². The Morgan fingerprint density at radius 3 is 2.29 bits per heavy atom. The van der Waals surface area contributed by atoms with E-state index in [0.29, 0.717) is 51.6 Å². The van der Waals surface area contributed by atoms with Gasteiger partial charge in [-0.3, -0.25) is 28.9 Å². The van der Waals surface area contributed by atoms with Gasteiger partial charge in [0, 0.05) is 31.8 Å². The summed E-state index contributed by atoms with van der Waals surface area (Å²) in [5.74, 6) is -1.56. The van der Waals surface area contributed by atoms with Gasteiger partial charge in [-0.2, -0.15) is 0 Å². The van der Waals surface area contributed by atoms with Crippen LogP contribution >= 0.6 is 0 Å². The largest absolute Gasteiger partial charge is 0.352 e. The number of nitrogens with zero attached hydrogens (tertiary/aromatic N) is 1. The molecule has 1 saturated heterocycles. The molecule has 6 amide bonds. The van der Waals surface area contributed by atoms with Crippen LogP contribution in [0, 0.1) is 11.8 Å². The maximum atomic E-state index is 12.8. The average Bonchev–Trinajstić information content (AvgIpc) is 3.05. The number of nitrogens with one attached hydrogen (secondary N) is 3. The van der Waals surface area contributed by atoms with Gasteiger partial charge in [-0.05, 0) is 44.9 Å². The number of carbonyl (C=O) groups excluding carboxylic acids is 6. The van der Waals surface area contributed by atoms with Crippen LogP contribution in [0.5, 0.6) is 0 Å². The third-order valence-electron chi connectivity index (χ3n) is 6.16. The molecule has 1 heterocycles. The van der Waals surface area contributed by atoms with Crippen LogP contribution in [0.1, 0.15) is 79.1 Å². The van der Waals surface area contributed by atoms with Crippen molar-refractivity contribution >= 4 is 35.4 Å². The number of Topliss-reactive ketones (excluding diaryl/α,β-unsaturated/α-hetero) is 1. The molecule has 1 aliphatic heterocycles. The molecule has 11 heteroatoms. The topological polar surface area (TPSA) is 168 Å². The molecule has 5 N–H and O–H groups in total. The lowest BCUT2D eigenvalue weighted by Gasteiger charge is -2.24. The van der Waals surface area contributed by atoms with E-state index in [1.165, 1.54) is 11.8 Å². The number of ketones is 1. The highest BCUT2D eigenvalue weighted by Crippen LogP contribution is 2.22. The van der Waals surface area contributed by atoms with Crippen LogP contribution in [-0.2, 0) is 24.0 Å². The van der Waals surface area contributed by atoms with Crippen LogP contribution in [0.2, 0.25) is 0 Å². The first-order valence-corrected chi connectivity index (χ1v) is 12.5. The zero-order valence-electron chi connectivity index (χ0n) is 21.4. The fraction of sp³-hybridized carbons (Fsp3) is 0.750. The Morgan fingerprint density at radius 2 is 1.74 bits per heavy atom. The van der Waals surface area contributed by atoms with Gasteiger partial charge in [-0.1, -0.05) is 27.2 Å². The van der Waals surface area contributed by atoms with Gasteiger partial charge in [-0.15, -0.1) is 0 Å². The summed E-state index contributed by atoms with van der Waals surface area (Å²) in [4.78, 5) is 73.3. The Balaban J connectivity index is 2.44. The number of hydrogen-bond donors (Lipinski definition) is 4. The van der Waals surface area contributed by atoms with E-state index in [0.717, 1.165) is 0 Å². The summed E-state index contributed by atoms with van der Waals surface area (Å²) in [5.41, 5.74) is 5.01. The minimum Gasteiger partial charge on any atom is -0.352 e. The highest BCUT2D eigenvalue weighted by atomic mass is 16.2. The van der Waals surface area contributed by atoms with Crippen molar-refractivity contribution in [2.45, 2.75) is 91.1 Å². The van der Waals surface area contributed by atoms with Crippen molar-refractivity contribution in [3.05, 3.63) is 0 Å². The zero-order valence-corrected chi connectivity index (χ0v) is 21.4. The van der Waals surface area contributed by atoms with Crippen molar-refractivity contribution in [3.8, 4) is 0 Å². The first-order valence-electron chi connectivity index (χ1n) is 12.5. The normalized spacial score (nSPS) is 17.3. The van der Waals surface area contributed by atoms with Gasteiger partial charge in [0.1, 0.15) is 6.04 Å². The predicted molar refractivity (Wildman–Crippen MR) is 130 cm³/mol. The number of urea groups is 1. The third kappa shape index (κ3) is 10.4. The quantitative estimate of drug-likeness (QED) is 0.184. The highest BCUT2D eigenvalue weighted by Gasteiger charge is 2.36. The molecule has 0 aromatic heterocycles. The van der Waals surface area contributed by atoms with E-state index < -0.39 is 24.0 Å². The molecule has 0 spiro atoms. The fourth-order valence-electron chi connectivity index (χ4n) is 3.97. The van der Waals surface area contributed by atoms with Crippen LogP contribution in [0.25, 0.3) is 0 Å². The molecule has 0 aromatic carbocycles. The van der Waals surface area contributed by atoms with Crippen molar-refractivity contribution in [1.82, 2.24) is 20.9 Å². The van der Waals surface area contributed by atoms with Gasteiger partial charge in [0.15, 0.2) is 5.78 Å². The van der Waals surface area contributed by atoms with Gasteiger partial charge in [0.05, 0.1) is 6.04 Å². The lowest BCUT2D eigenvalue weighted by Crippen LogP contribution is -2.53. The summed E-state index contributed by atoms with van der Waals surface area (Å²) in [6.45, 7) is 7.54. The maximum absolute atomic E-state index is 12.8. The molecule has 1 fully saturated rings. The average molecular weight is 496 g/mol. The second-order valence-electron chi connectivity index (χ2n) is 9.40. The molecule has 11 nitrogen and oxygen atoms in total. The van der Waals surface area contributed by atoms with Crippen LogP contribution in [-0.4, -0.2) is 65.5 Å². The minimum atomic E-state index is -0.793. The molecule has 1 unspecified atom stereocenters. The standard InChI is InChI=1S/C24H41N5O6/c1-5-17-14-20(32)29(23(17)34)13-8-6-7-11-19(31)28-21(15(2)3)22(33)27-18(16(4)30)10-9-12-26-24(25)35/h15,17-18,21H,5-14H2,1-4H3,(H,27,33)(H,28,31)(H3,25,26,35)/t17?,18-,21-/m0/s1. The summed E-state index contributed by atoms with van der Waals surface area (Å²) < 4.78 is 0. The molecule has 0 aliphatic carbocycles. The number of nitrogens with two attached hydrogens (primary N) is 1. The highest BCUT2D eigenvalue weighted by molar-refractivity contribution is 6.03. The predicted octanol–water partition coefficient (Wildman–Crippen LogP) is 0.995.